The summed E-state index contributed by atoms with van der Waals surface area (Å²) in [5.74, 6) is 2.19. The van der Waals surface area contributed by atoms with E-state index >= 15 is 0 Å². The highest BCUT2D eigenvalue weighted by Gasteiger charge is 2.25. The fourth-order valence-electron chi connectivity index (χ4n) is 3.17. The number of nitrogens with one attached hydrogen (secondary N) is 1. The maximum absolute atomic E-state index is 5.50. The lowest BCUT2D eigenvalue weighted by Gasteiger charge is -2.26. The summed E-state index contributed by atoms with van der Waals surface area (Å²) in [4.78, 5) is 7.01. The van der Waals surface area contributed by atoms with Gasteiger partial charge in [0.15, 0.2) is 5.82 Å². The van der Waals surface area contributed by atoms with Crippen LogP contribution in [-0.2, 0) is 6.42 Å². The summed E-state index contributed by atoms with van der Waals surface area (Å²) in [5.41, 5.74) is 0. The predicted molar refractivity (Wildman–Crippen MR) is 84.5 cm³/mol. The van der Waals surface area contributed by atoms with Crippen molar-refractivity contribution in [3.63, 3.8) is 0 Å². The van der Waals surface area contributed by atoms with E-state index in [9.17, 15) is 0 Å². The molecule has 5 nitrogen and oxygen atoms in total. The van der Waals surface area contributed by atoms with Crippen molar-refractivity contribution >= 4 is 0 Å². The first kappa shape index (κ1) is 16.4. The molecule has 1 aromatic rings. The van der Waals surface area contributed by atoms with Crippen molar-refractivity contribution in [2.45, 2.75) is 64.8 Å². The minimum Gasteiger partial charge on any atom is -0.339 e. The van der Waals surface area contributed by atoms with E-state index in [1.807, 2.05) is 0 Å². The Morgan fingerprint density at radius 1 is 1.14 bits per heavy atom. The van der Waals surface area contributed by atoms with Crippen LogP contribution in [-0.4, -0.2) is 47.3 Å². The summed E-state index contributed by atoms with van der Waals surface area (Å²) in [7, 11) is 0. The number of aromatic nitrogens is 2. The zero-order chi connectivity index (χ0) is 15.1. The monoisotopic (exact) mass is 294 g/mol. The van der Waals surface area contributed by atoms with E-state index in [1.165, 1.54) is 12.8 Å². The lowest BCUT2D eigenvalue weighted by Crippen LogP contribution is -2.32. The van der Waals surface area contributed by atoms with Crippen molar-refractivity contribution in [1.29, 1.82) is 0 Å². The van der Waals surface area contributed by atoms with E-state index in [0.717, 1.165) is 57.2 Å². The largest absolute Gasteiger partial charge is 0.339 e. The van der Waals surface area contributed by atoms with E-state index in [-0.39, 0.29) is 0 Å². The summed E-state index contributed by atoms with van der Waals surface area (Å²) >= 11 is 0. The average molecular weight is 294 g/mol. The Balaban J connectivity index is 1.80. The maximum atomic E-state index is 5.50. The molecule has 0 saturated heterocycles. The highest BCUT2D eigenvalue weighted by Crippen LogP contribution is 2.31. The molecule has 1 fully saturated rings. The first-order chi connectivity index (χ1) is 10.3. The molecule has 1 aliphatic carbocycles. The van der Waals surface area contributed by atoms with Crippen LogP contribution < -0.4 is 5.32 Å². The van der Waals surface area contributed by atoms with Gasteiger partial charge in [0.1, 0.15) is 0 Å². The Labute approximate surface area is 128 Å². The fourth-order valence-corrected chi connectivity index (χ4v) is 3.17. The van der Waals surface area contributed by atoms with Gasteiger partial charge in [-0.3, -0.25) is 0 Å². The molecule has 120 valence electrons. The molecule has 5 heteroatoms. The van der Waals surface area contributed by atoms with Gasteiger partial charge in [-0.15, -0.1) is 0 Å². The second kappa shape index (κ2) is 8.49. The first-order valence-corrected chi connectivity index (χ1v) is 8.54. The Bertz CT molecular complexity index is 395. The van der Waals surface area contributed by atoms with Gasteiger partial charge in [0.25, 0.3) is 0 Å². The lowest BCUT2D eigenvalue weighted by atomic mass is 9.86. The molecule has 1 aliphatic rings. The van der Waals surface area contributed by atoms with Crippen LogP contribution in [0.25, 0.3) is 0 Å². The van der Waals surface area contributed by atoms with Gasteiger partial charge in [0.05, 0.1) is 0 Å². The van der Waals surface area contributed by atoms with Crippen LogP contribution in [0.1, 0.15) is 64.1 Å². The van der Waals surface area contributed by atoms with Gasteiger partial charge in [-0.05, 0) is 45.3 Å². The second-order valence-corrected chi connectivity index (χ2v) is 5.93. The number of likely N-dealkylation sites (N-methyl/N-ethyl adjacent to an activating group) is 1. The Morgan fingerprint density at radius 2 is 1.86 bits per heavy atom. The molecule has 0 aromatic carbocycles. The first-order valence-electron chi connectivity index (χ1n) is 8.54. The molecule has 21 heavy (non-hydrogen) atoms. The Morgan fingerprint density at radius 3 is 2.48 bits per heavy atom. The van der Waals surface area contributed by atoms with E-state index in [4.69, 9.17) is 4.52 Å². The minimum atomic E-state index is 0.467. The highest BCUT2D eigenvalue weighted by atomic mass is 16.5. The second-order valence-electron chi connectivity index (χ2n) is 5.93. The third kappa shape index (κ3) is 4.78. The van der Waals surface area contributed by atoms with Crippen molar-refractivity contribution in [2.75, 3.05) is 26.2 Å². The van der Waals surface area contributed by atoms with Crippen LogP contribution in [0.3, 0.4) is 0 Å². The third-order valence-corrected chi connectivity index (χ3v) is 4.60. The molecule has 0 bridgehead atoms. The molecule has 0 amide bonds. The molecule has 0 aliphatic heterocycles. The van der Waals surface area contributed by atoms with Gasteiger partial charge < -0.3 is 14.7 Å². The lowest BCUT2D eigenvalue weighted by molar-refractivity contribution is 0.281. The average Bonchev–Trinajstić information content (AvgIpc) is 2.98. The normalized spacial score (nSPS) is 22.9. The van der Waals surface area contributed by atoms with Crippen LogP contribution in [0, 0.1) is 0 Å². The molecule has 1 heterocycles. The molecule has 2 rings (SSSR count). The minimum absolute atomic E-state index is 0.467. The van der Waals surface area contributed by atoms with Crippen LogP contribution in [0.2, 0.25) is 0 Å². The van der Waals surface area contributed by atoms with E-state index in [2.05, 4.69) is 41.1 Å². The molecule has 0 radical (unpaired) electrons. The molecule has 0 unspecified atom stereocenters. The van der Waals surface area contributed by atoms with Crippen molar-refractivity contribution in [2.24, 2.45) is 0 Å². The van der Waals surface area contributed by atoms with Crippen LogP contribution in [0.4, 0.5) is 0 Å². The molecule has 0 atom stereocenters. The van der Waals surface area contributed by atoms with Crippen LogP contribution in [0.5, 0.6) is 0 Å². The van der Waals surface area contributed by atoms with Crippen molar-refractivity contribution in [3.05, 3.63) is 11.7 Å². The third-order valence-electron chi connectivity index (χ3n) is 4.60. The molecule has 1 saturated carbocycles. The predicted octanol–water partition coefficient (Wildman–Crippen LogP) is 2.59. The summed E-state index contributed by atoms with van der Waals surface area (Å²) in [5, 5.41) is 7.69. The molecule has 0 spiro atoms. The quantitative estimate of drug-likeness (QED) is 0.798. The van der Waals surface area contributed by atoms with Gasteiger partial charge in [0, 0.05) is 24.9 Å². The highest BCUT2D eigenvalue weighted by molar-refractivity contribution is 4.97. The van der Waals surface area contributed by atoms with Crippen molar-refractivity contribution in [3.8, 4) is 0 Å². The SMILES string of the molecule is CCNC1CCC(c2nc(CCN(CC)CC)no2)CC1. The van der Waals surface area contributed by atoms with E-state index in [1.54, 1.807) is 0 Å². The van der Waals surface area contributed by atoms with Gasteiger partial charge in [-0.1, -0.05) is 25.9 Å². The molecular weight excluding hydrogens is 264 g/mol. The summed E-state index contributed by atoms with van der Waals surface area (Å²) in [6, 6.07) is 0.677. The maximum Gasteiger partial charge on any atom is 0.229 e. The Kier molecular flexibility index (Phi) is 6.64. The summed E-state index contributed by atoms with van der Waals surface area (Å²) in [6.45, 7) is 10.8. The summed E-state index contributed by atoms with van der Waals surface area (Å²) in [6.07, 6.45) is 5.65. The number of hydrogen-bond acceptors (Lipinski definition) is 5. The van der Waals surface area contributed by atoms with Gasteiger partial charge in [-0.25, -0.2) is 0 Å². The zero-order valence-electron chi connectivity index (χ0n) is 13.8. The number of hydrogen-bond donors (Lipinski definition) is 1. The Hall–Kier alpha value is -0.940. The fraction of sp³-hybridized carbons (Fsp3) is 0.875. The van der Waals surface area contributed by atoms with Crippen molar-refractivity contribution in [1.82, 2.24) is 20.4 Å². The standard InChI is InChI=1S/C16H30N4O/c1-4-17-14-9-7-13(8-10-14)16-18-15(19-21-16)11-12-20(5-2)6-3/h13-14,17H,4-12H2,1-3H3. The molecular formula is C16H30N4O. The zero-order valence-corrected chi connectivity index (χ0v) is 13.8. The number of rotatable bonds is 8. The van der Waals surface area contributed by atoms with Gasteiger partial charge in [0.2, 0.25) is 5.89 Å². The van der Waals surface area contributed by atoms with Crippen LogP contribution >= 0.6 is 0 Å². The number of nitrogens with zero attached hydrogens (tertiary/aromatic N) is 3. The van der Waals surface area contributed by atoms with E-state index in [0.29, 0.717) is 12.0 Å². The van der Waals surface area contributed by atoms with E-state index < -0.39 is 0 Å². The van der Waals surface area contributed by atoms with Crippen molar-refractivity contribution < 1.29 is 4.52 Å². The topological polar surface area (TPSA) is 54.2 Å². The van der Waals surface area contributed by atoms with Gasteiger partial charge in [-0.2, -0.15) is 4.98 Å². The molecule has 1 N–H and O–H groups in total. The molecule has 1 aromatic heterocycles. The summed E-state index contributed by atoms with van der Waals surface area (Å²) < 4.78 is 5.50. The van der Waals surface area contributed by atoms with Crippen LogP contribution in [0.15, 0.2) is 4.52 Å². The smallest absolute Gasteiger partial charge is 0.229 e. The van der Waals surface area contributed by atoms with Gasteiger partial charge >= 0.3 is 0 Å².